The van der Waals surface area contributed by atoms with Gasteiger partial charge < -0.3 is 20.1 Å². The first kappa shape index (κ1) is 30.8. The highest BCUT2D eigenvalue weighted by molar-refractivity contribution is 6.34. The zero-order valence-electron chi connectivity index (χ0n) is 24.5. The highest BCUT2D eigenvalue weighted by atomic mass is 35.5. The van der Waals surface area contributed by atoms with E-state index in [1.807, 2.05) is 26.8 Å². The van der Waals surface area contributed by atoms with Crippen LogP contribution in [0.15, 0.2) is 48.5 Å². The summed E-state index contributed by atoms with van der Waals surface area (Å²) in [4.78, 5) is 26.5. The van der Waals surface area contributed by atoms with Gasteiger partial charge in [-0.05, 0) is 66.3 Å². The molecule has 2 aliphatic rings. The van der Waals surface area contributed by atoms with Gasteiger partial charge in [-0.2, -0.15) is 5.26 Å². The summed E-state index contributed by atoms with van der Waals surface area (Å²) in [7, 11) is 1.43. The normalized spacial score (nSPS) is 22.1. The van der Waals surface area contributed by atoms with Crippen LogP contribution in [0.5, 0.6) is 5.75 Å². The van der Waals surface area contributed by atoms with Gasteiger partial charge in [0, 0.05) is 33.1 Å². The number of amides is 1. The first-order valence-corrected chi connectivity index (χ1v) is 14.7. The van der Waals surface area contributed by atoms with Gasteiger partial charge in [-0.15, -0.1) is 0 Å². The van der Waals surface area contributed by atoms with Crippen LogP contribution in [0.25, 0.3) is 11.1 Å². The summed E-state index contributed by atoms with van der Waals surface area (Å²) in [6, 6.07) is 13.6. The van der Waals surface area contributed by atoms with Crippen LogP contribution in [0.4, 0.5) is 10.1 Å². The first-order valence-electron chi connectivity index (χ1n) is 14.0. The SMILES string of the molecule is CCOC(=O)c1ccc(NC(=O)[C@@H]2N[C@@H](CC(C)(C)C)[C@]3(C#N)c4c(F)cc(Cl)cc4-c4c(Cl)cccc4[C@@H]23)c(OC)c1. The third-order valence-corrected chi connectivity index (χ3v) is 8.66. The minimum absolute atomic E-state index is 0.179. The summed E-state index contributed by atoms with van der Waals surface area (Å²) in [6.07, 6.45) is 0.468. The molecule has 0 unspecified atom stereocenters. The molecule has 7 nitrogen and oxygen atoms in total. The highest BCUT2D eigenvalue weighted by Gasteiger charge is 2.63. The molecule has 1 aliphatic heterocycles. The number of hydrogen-bond acceptors (Lipinski definition) is 6. The lowest BCUT2D eigenvalue weighted by Gasteiger charge is -2.42. The number of rotatable bonds is 6. The largest absolute Gasteiger partial charge is 0.495 e. The van der Waals surface area contributed by atoms with Gasteiger partial charge in [0.25, 0.3) is 0 Å². The molecule has 4 atom stereocenters. The molecule has 0 radical (unpaired) electrons. The number of hydrogen-bond donors (Lipinski definition) is 2. The minimum Gasteiger partial charge on any atom is -0.495 e. The average molecular weight is 625 g/mol. The van der Waals surface area contributed by atoms with E-state index in [-0.39, 0.29) is 33.9 Å². The third-order valence-electron chi connectivity index (χ3n) is 8.13. The van der Waals surface area contributed by atoms with Crippen molar-refractivity contribution >= 4 is 40.8 Å². The second-order valence-corrected chi connectivity index (χ2v) is 12.9. The number of carbonyl (C=O) groups excluding carboxylic acids is 2. The van der Waals surface area contributed by atoms with E-state index in [0.717, 1.165) is 0 Å². The number of benzene rings is 3. The van der Waals surface area contributed by atoms with Crippen LogP contribution in [0, 0.1) is 22.6 Å². The molecule has 0 bridgehead atoms. The number of methoxy groups -OCH3 is 1. The predicted octanol–water partition coefficient (Wildman–Crippen LogP) is 7.26. The van der Waals surface area contributed by atoms with Crippen molar-refractivity contribution < 1.29 is 23.5 Å². The van der Waals surface area contributed by atoms with Gasteiger partial charge in [0.2, 0.25) is 5.91 Å². The van der Waals surface area contributed by atoms with E-state index < -0.39 is 41.1 Å². The third kappa shape index (κ3) is 5.24. The van der Waals surface area contributed by atoms with E-state index >= 15 is 4.39 Å². The molecule has 3 aromatic rings. The number of anilines is 1. The van der Waals surface area contributed by atoms with E-state index in [0.29, 0.717) is 33.8 Å². The van der Waals surface area contributed by atoms with Crippen molar-refractivity contribution in [1.82, 2.24) is 5.32 Å². The zero-order valence-corrected chi connectivity index (χ0v) is 26.0. The summed E-state index contributed by atoms with van der Waals surface area (Å²) in [6.45, 7) is 8.02. The number of esters is 1. The van der Waals surface area contributed by atoms with E-state index in [1.54, 1.807) is 31.2 Å². The lowest BCUT2D eigenvalue weighted by Crippen LogP contribution is -2.46. The molecule has 0 saturated carbocycles. The Morgan fingerprint density at radius 3 is 2.56 bits per heavy atom. The van der Waals surface area contributed by atoms with Gasteiger partial charge in [0.15, 0.2) is 0 Å². The summed E-state index contributed by atoms with van der Waals surface area (Å²) in [5, 5.41) is 17.9. The fraction of sp³-hybridized carbons (Fsp3) is 0.364. The lowest BCUT2D eigenvalue weighted by molar-refractivity contribution is -0.118. The molecule has 1 aliphatic carbocycles. The molecule has 224 valence electrons. The number of halogens is 3. The summed E-state index contributed by atoms with van der Waals surface area (Å²) < 4.78 is 26.7. The molecule has 3 aromatic carbocycles. The van der Waals surface area contributed by atoms with Gasteiger partial charge in [-0.3, -0.25) is 4.79 Å². The molecule has 0 spiro atoms. The Labute approximate surface area is 260 Å². The smallest absolute Gasteiger partial charge is 0.338 e. The monoisotopic (exact) mass is 623 g/mol. The summed E-state index contributed by atoms with van der Waals surface area (Å²) in [5.74, 6) is -2.14. The van der Waals surface area contributed by atoms with E-state index in [9.17, 15) is 14.9 Å². The molecule has 0 aromatic heterocycles. The molecule has 43 heavy (non-hydrogen) atoms. The van der Waals surface area contributed by atoms with Crippen molar-refractivity contribution in [2.75, 3.05) is 19.0 Å². The van der Waals surface area contributed by atoms with Crippen LogP contribution in [-0.2, 0) is 14.9 Å². The van der Waals surface area contributed by atoms with Crippen LogP contribution in [0.1, 0.15) is 61.5 Å². The Morgan fingerprint density at radius 1 is 1.16 bits per heavy atom. The van der Waals surface area contributed by atoms with Gasteiger partial charge in [0.05, 0.1) is 37.1 Å². The van der Waals surface area contributed by atoms with E-state index in [4.69, 9.17) is 32.7 Å². The minimum atomic E-state index is -1.46. The number of nitrogens with zero attached hydrogens (tertiary/aromatic N) is 1. The van der Waals surface area contributed by atoms with Crippen LogP contribution in [-0.4, -0.2) is 37.7 Å². The van der Waals surface area contributed by atoms with E-state index in [2.05, 4.69) is 16.7 Å². The van der Waals surface area contributed by atoms with Crippen molar-refractivity contribution in [3.8, 4) is 22.9 Å². The predicted molar refractivity (Wildman–Crippen MR) is 164 cm³/mol. The Morgan fingerprint density at radius 2 is 1.91 bits per heavy atom. The first-order chi connectivity index (χ1) is 20.4. The van der Waals surface area contributed by atoms with Crippen LogP contribution in [0.3, 0.4) is 0 Å². The van der Waals surface area contributed by atoms with Crippen LogP contribution in [0.2, 0.25) is 10.0 Å². The molecular weight excluding hydrogens is 592 g/mol. The molecule has 2 N–H and O–H groups in total. The second-order valence-electron chi connectivity index (χ2n) is 12.1. The maximum absolute atomic E-state index is 16.1. The molecule has 10 heteroatoms. The van der Waals surface area contributed by atoms with Crippen molar-refractivity contribution in [2.45, 2.75) is 57.5 Å². The molecule has 1 saturated heterocycles. The van der Waals surface area contributed by atoms with E-state index in [1.165, 1.54) is 25.3 Å². The van der Waals surface area contributed by atoms with Crippen LogP contribution < -0.4 is 15.4 Å². The molecular formula is C33H32Cl2FN3O4. The molecule has 5 rings (SSSR count). The number of fused-ring (bicyclic) bond motifs is 6. The number of ether oxygens (including phenoxy) is 2. The van der Waals surface area contributed by atoms with Gasteiger partial charge >= 0.3 is 5.97 Å². The zero-order chi connectivity index (χ0) is 31.3. The average Bonchev–Trinajstić information content (AvgIpc) is 3.26. The highest BCUT2D eigenvalue weighted by Crippen LogP contribution is 2.60. The maximum Gasteiger partial charge on any atom is 0.338 e. The van der Waals surface area contributed by atoms with Gasteiger partial charge in [-0.1, -0.05) is 56.1 Å². The Balaban J connectivity index is 1.67. The second kappa shape index (κ2) is 11.5. The van der Waals surface area contributed by atoms with Crippen molar-refractivity contribution in [3.05, 3.63) is 81.1 Å². The van der Waals surface area contributed by atoms with Gasteiger partial charge in [0.1, 0.15) is 17.0 Å². The molecule has 1 amide bonds. The summed E-state index contributed by atoms with van der Waals surface area (Å²) >= 11 is 13.1. The molecule has 1 heterocycles. The molecule has 1 fully saturated rings. The quantitative estimate of drug-likeness (QED) is 0.280. The number of nitriles is 1. The number of carbonyl (C=O) groups is 2. The lowest BCUT2D eigenvalue weighted by atomic mass is 9.57. The Bertz CT molecular complexity index is 1660. The van der Waals surface area contributed by atoms with Crippen molar-refractivity contribution in [1.29, 1.82) is 5.26 Å². The Hall–Kier alpha value is -3.64. The standard InChI is InChI=1S/C33H32Cl2FN3O4/c1-6-43-31(41)17-10-11-23(24(12-17)42-5)38-30(40)29-28-19-8-7-9-21(35)26(19)20-13-18(34)14-22(36)27(20)33(28,16-37)25(39-29)15-32(2,3)4/h7-14,25,28-29,39H,6,15H2,1-5H3,(H,38,40)/t25-,28-,29+,33+/m0/s1. The van der Waals surface area contributed by atoms with Crippen molar-refractivity contribution in [3.63, 3.8) is 0 Å². The Kier molecular flexibility index (Phi) is 8.21. The fourth-order valence-electron chi connectivity index (χ4n) is 6.56. The fourth-order valence-corrected chi connectivity index (χ4v) is 7.05. The van der Waals surface area contributed by atoms with Crippen LogP contribution >= 0.6 is 23.2 Å². The topological polar surface area (TPSA) is 100 Å². The van der Waals surface area contributed by atoms with Crippen molar-refractivity contribution in [2.24, 2.45) is 5.41 Å². The number of nitrogens with one attached hydrogen (secondary N) is 2. The maximum atomic E-state index is 16.1. The summed E-state index contributed by atoms with van der Waals surface area (Å²) in [5.41, 5.74) is 0.673. The van der Waals surface area contributed by atoms with Gasteiger partial charge in [-0.25, -0.2) is 9.18 Å².